The molecule has 0 radical (unpaired) electrons. The second-order valence-corrected chi connectivity index (χ2v) is 9.84. The van der Waals surface area contributed by atoms with E-state index in [1.54, 1.807) is 11.4 Å². The van der Waals surface area contributed by atoms with Crippen LogP contribution in [0.1, 0.15) is 18.4 Å². The van der Waals surface area contributed by atoms with Crippen LogP contribution in [-0.2, 0) is 21.0 Å². The zero-order valence-corrected chi connectivity index (χ0v) is 16.8. The van der Waals surface area contributed by atoms with Crippen molar-refractivity contribution in [2.75, 3.05) is 18.4 Å². The number of alkyl halides is 3. The van der Waals surface area contributed by atoms with Gasteiger partial charge in [-0.15, -0.1) is 11.3 Å². The van der Waals surface area contributed by atoms with Crippen molar-refractivity contribution in [1.29, 1.82) is 0 Å². The lowest BCUT2D eigenvalue weighted by molar-refractivity contribution is -0.137. The van der Waals surface area contributed by atoms with E-state index in [0.717, 1.165) is 23.5 Å². The van der Waals surface area contributed by atoms with Crippen molar-refractivity contribution in [3.05, 3.63) is 46.3 Å². The van der Waals surface area contributed by atoms with Crippen LogP contribution in [0.4, 0.5) is 18.9 Å². The molecule has 0 saturated carbocycles. The first-order chi connectivity index (χ1) is 13.1. The van der Waals surface area contributed by atoms with Gasteiger partial charge in [0, 0.05) is 18.8 Å². The van der Waals surface area contributed by atoms with Crippen LogP contribution >= 0.6 is 22.9 Å². The summed E-state index contributed by atoms with van der Waals surface area (Å²) in [4.78, 5) is 12.5. The van der Waals surface area contributed by atoms with Gasteiger partial charge in [0.15, 0.2) is 0 Å². The molecule has 1 aromatic carbocycles. The average Bonchev–Trinajstić information content (AvgIpc) is 3.18. The molecule has 3 rings (SSSR count). The first-order valence-corrected chi connectivity index (χ1v) is 11.0. The summed E-state index contributed by atoms with van der Waals surface area (Å²) < 4.78 is 65.6. The molecular weight excluding hydrogens is 437 g/mol. The highest BCUT2D eigenvalue weighted by atomic mass is 35.5. The Hall–Kier alpha value is -1.62. The Kier molecular flexibility index (Phi) is 6.04. The minimum Gasteiger partial charge on any atom is -0.326 e. The third kappa shape index (κ3) is 4.51. The van der Waals surface area contributed by atoms with Crippen LogP contribution in [0.2, 0.25) is 5.02 Å². The molecule has 1 aliphatic heterocycles. The van der Waals surface area contributed by atoms with Crippen molar-refractivity contribution in [3.63, 3.8) is 0 Å². The number of carbonyl (C=O) groups is 1. The summed E-state index contributed by atoms with van der Waals surface area (Å²) in [5.74, 6) is -1.19. The average molecular weight is 453 g/mol. The van der Waals surface area contributed by atoms with E-state index in [9.17, 15) is 26.4 Å². The van der Waals surface area contributed by atoms with Crippen LogP contribution in [0.5, 0.6) is 0 Å². The predicted octanol–water partition coefficient (Wildman–Crippen LogP) is 4.46. The van der Waals surface area contributed by atoms with Crippen LogP contribution in [-0.4, -0.2) is 31.7 Å². The number of hydrogen-bond acceptors (Lipinski definition) is 4. The van der Waals surface area contributed by atoms with Gasteiger partial charge in [0.1, 0.15) is 4.21 Å². The standard InChI is InChI=1S/C17H16ClF3N2O3S2/c18-14-6-5-12(9-13(14)17(19,20)21)22-16(24)11-3-1-7-23(10-11)28(25,26)15-4-2-8-27-15/h2,4-6,8-9,11H,1,3,7,10H2,(H,22,24)/t11-/m0/s1. The SMILES string of the molecule is O=C(Nc1ccc(Cl)c(C(F)(F)F)c1)[C@H]1CCCN(S(=O)(=O)c2cccs2)C1. The zero-order chi connectivity index (χ0) is 20.5. The maximum Gasteiger partial charge on any atom is 0.417 e. The van der Waals surface area contributed by atoms with Crippen molar-refractivity contribution in [3.8, 4) is 0 Å². The lowest BCUT2D eigenvalue weighted by Crippen LogP contribution is -2.43. The zero-order valence-electron chi connectivity index (χ0n) is 14.4. The van der Waals surface area contributed by atoms with Crippen molar-refractivity contribution in [1.82, 2.24) is 4.31 Å². The monoisotopic (exact) mass is 452 g/mol. The van der Waals surface area contributed by atoms with E-state index in [0.29, 0.717) is 19.4 Å². The Bertz CT molecular complexity index is 963. The van der Waals surface area contributed by atoms with Gasteiger partial charge in [-0.25, -0.2) is 8.42 Å². The van der Waals surface area contributed by atoms with Crippen LogP contribution in [0.3, 0.4) is 0 Å². The van der Waals surface area contributed by atoms with Crippen LogP contribution < -0.4 is 5.32 Å². The smallest absolute Gasteiger partial charge is 0.326 e. The molecule has 2 aromatic rings. The number of anilines is 1. The number of thiophene rings is 1. The number of sulfonamides is 1. The Labute approximate surface area is 169 Å². The van der Waals surface area contributed by atoms with E-state index in [-0.39, 0.29) is 16.4 Å². The maximum absolute atomic E-state index is 13.0. The number of carbonyl (C=O) groups excluding carboxylic acids is 1. The first-order valence-electron chi connectivity index (χ1n) is 8.30. The van der Waals surface area contributed by atoms with E-state index in [1.165, 1.54) is 16.4 Å². The molecule has 1 saturated heterocycles. The van der Waals surface area contributed by atoms with Gasteiger partial charge in [0.25, 0.3) is 10.0 Å². The summed E-state index contributed by atoms with van der Waals surface area (Å²) >= 11 is 6.67. The van der Waals surface area contributed by atoms with Gasteiger partial charge in [-0.2, -0.15) is 17.5 Å². The number of amides is 1. The van der Waals surface area contributed by atoms with Crippen LogP contribution in [0, 0.1) is 5.92 Å². The molecule has 1 aromatic heterocycles. The highest BCUT2D eigenvalue weighted by molar-refractivity contribution is 7.91. The third-order valence-electron chi connectivity index (χ3n) is 4.38. The van der Waals surface area contributed by atoms with Crippen molar-refractivity contribution >= 4 is 44.6 Å². The van der Waals surface area contributed by atoms with Gasteiger partial charge in [-0.3, -0.25) is 4.79 Å². The van der Waals surface area contributed by atoms with Gasteiger partial charge in [0.05, 0.1) is 16.5 Å². The van der Waals surface area contributed by atoms with E-state index in [4.69, 9.17) is 11.6 Å². The fourth-order valence-electron chi connectivity index (χ4n) is 2.98. The first kappa shape index (κ1) is 21.1. The summed E-state index contributed by atoms with van der Waals surface area (Å²) in [6.07, 6.45) is -3.71. The summed E-state index contributed by atoms with van der Waals surface area (Å²) in [7, 11) is -3.68. The summed E-state index contributed by atoms with van der Waals surface area (Å²) in [6, 6.07) is 6.23. The normalized spacial score (nSPS) is 18.8. The Morgan fingerprint density at radius 1 is 1.29 bits per heavy atom. The summed E-state index contributed by atoms with van der Waals surface area (Å²) in [5.41, 5.74) is -1.09. The molecule has 1 N–H and O–H groups in total. The Morgan fingerprint density at radius 2 is 2.04 bits per heavy atom. The largest absolute Gasteiger partial charge is 0.417 e. The van der Waals surface area contributed by atoms with Gasteiger partial charge in [-0.1, -0.05) is 17.7 Å². The van der Waals surface area contributed by atoms with Crippen molar-refractivity contribution in [2.24, 2.45) is 5.92 Å². The highest BCUT2D eigenvalue weighted by Gasteiger charge is 2.35. The topological polar surface area (TPSA) is 66.5 Å². The Balaban J connectivity index is 1.73. The van der Waals surface area contributed by atoms with Crippen LogP contribution in [0.25, 0.3) is 0 Å². The minimum atomic E-state index is -4.64. The maximum atomic E-state index is 13.0. The lowest BCUT2D eigenvalue weighted by Gasteiger charge is -2.30. The molecule has 2 heterocycles. The quantitative estimate of drug-likeness (QED) is 0.744. The van der Waals surface area contributed by atoms with Gasteiger partial charge < -0.3 is 5.32 Å². The number of rotatable bonds is 4. The second-order valence-electron chi connectivity index (χ2n) is 6.32. The molecule has 5 nitrogen and oxygen atoms in total. The summed E-state index contributed by atoms with van der Waals surface area (Å²) in [6.45, 7) is 0.273. The van der Waals surface area contributed by atoms with E-state index in [2.05, 4.69) is 5.32 Å². The molecule has 1 aliphatic rings. The fourth-order valence-corrected chi connectivity index (χ4v) is 5.87. The number of nitrogens with one attached hydrogen (secondary N) is 1. The molecular formula is C17H16ClF3N2O3S2. The third-order valence-corrected chi connectivity index (χ3v) is 7.95. The number of halogens is 4. The van der Waals surface area contributed by atoms with E-state index < -0.39 is 38.6 Å². The fraction of sp³-hybridized carbons (Fsp3) is 0.353. The molecule has 28 heavy (non-hydrogen) atoms. The number of nitrogens with zero attached hydrogens (tertiary/aromatic N) is 1. The molecule has 152 valence electrons. The molecule has 0 spiro atoms. The molecule has 0 unspecified atom stereocenters. The van der Waals surface area contributed by atoms with Crippen LogP contribution in [0.15, 0.2) is 39.9 Å². The molecule has 0 bridgehead atoms. The molecule has 1 atom stereocenters. The number of benzene rings is 1. The number of piperidine rings is 1. The highest BCUT2D eigenvalue weighted by Crippen LogP contribution is 2.36. The van der Waals surface area contributed by atoms with Gasteiger partial charge in [-0.05, 0) is 42.5 Å². The second kappa shape index (κ2) is 8.02. The number of hydrogen-bond donors (Lipinski definition) is 1. The van der Waals surface area contributed by atoms with E-state index >= 15 is 0 Å². The predicted molar refractivity (Wildman–Crippen MR) is 101 cm³/mol. The minimum absolute atomic E-state index is 0.0220. The molecule has 1 fully saturated rings. The van der Waals surface area contributed by atoms with E-state index in [1.807, 2.05) is 0 Å². The van der Waals surface area contributed by atoms with Crippen molar-refractivity contribution in [2.45, 2.75) is 23.2 Å². The van der Waals surface area contributed by atoms with Crippen molar-refractivity contribution < 1.29 is 26.4 Å². The molecule has 11 heteroatoms. The Morgan fingerprint density at radius 3 is 2.68 bits per heavy atom. The lowest BCUT2D eigenvalue weighted by atomic mass is 9.98. The van der Waals surface area contributed by atoms with Gasteiger partial charge >= 0.3 is 6.18 Å². The molecule has 0 aliphatic carbocycles. The summed E-state index contributed by atoms with van der Waals surface area (Å²) in [5, 5.41) is 3.63. The van der Waals surface area contributed by atoms with Gasteiger partial charge in [0.2, 0.25) is 5.91 Å². The molecule has 1 amide bonds.